The van der Waals surface area contributed by atoms with E-state index in [9.17, 15) is 0 Å². The number of aromatic nitrogens is 2. The normalized spacial score (nSPS) is 12.1. The van der Waals surface area contributed by atoms with Crippen molar-refractivity contribution in [3.8, 4) is 17.1 Å². The van der Waals surface area contributed by atoms with Crippen LogP contribution in [0.1, 0.15) is 38.3 Å². The van der Waals surface area contributed by atoms with Crippen LogP contribution < -0.4 is 10.1 Å². The molecule has 2 rings (SSSR count). The summed E-state index contributed by atoms with van der Waals surface area (Å²) in [4.78, 5) is 8.55. The van der Waals surface area contributed by atoms with Crippen molar-refractivity contribution in [2.45, 2.75) is 32.7 Å². The summed E-state index contributed by atoms with van der Waals surface area (Å²) in [6.07, 6.45) is 5.54. The van der Waals surface area contributed by atoms with Crippen molar-refractivity contribution in [1.82, 2.24) is 15.3 Å². The van der Waals surface area contributed by atoms with E-state index >= 15 is 0 Å². The van der Waals surface area contributed by atoms with E-state index < -0.39 is 0 Å². The molecule has 0 fully saturated rings. The average Bonchev–Trinajstić information content (AvgIpc) is 2.56. The minimum atomic E-state index is 0.405. The Morgan fingerprint density at radius 2 is 1.81 bits per heavy atom. The topological polar surface area (TPSA) is 47.0 Å². The lowest BCUT2D eigenvalue weighted by Gasteiger charge is -2.17. The number of ether oxygens (including phenoxy) is 1. The van der Waals surface area contributed by atoms with Gasteiger partial charge in [0.15, 0.2) is 0 Å². The zero-order chi connectivity index (χ0) is 15.1. The van der Waals surface area contributed by atoms with Crippen molar-refractivity contribution in [2.75, 3.05) is 13.7 Å². The van der Waals surface area contributed by atoms with Crippen LogP contribution in [0.15, 0.2) is 36.7 Å². The molecule has 0 bridgehead atoms. The fraction of sp³-hybridized carbons (Fsp3) is 0.412. The molecule has 0 amide bonds. The predicted octanol–water partition coefficient (Wildman–Crippen LogP) is 3.60. The quantitative estimate of drug-likeness (QED) is 0.844. The van der Waals surface area contributed by atoms with Gasteiger partial charge >= 0.3 is 0 Å². The van der Waals surface area contributed by atoms with E-state index in [1.54, 1.807) is 19.5 Å². The van der Waals surface area contributed by atoms with Crippen molar-refractivity contribution in [1.29, 1.82) is 0 Å². The van der Waals surface area contributed by atoms with E-state index in [2.05, 4.69) is 53.4 Å². The van der Waals surface area contributed by atoms with Gasteiger partial charge in [0.25, 0.3) is 0 Å². The van der Waals surface area contributed by atoms with Gasteiger partial charge in [-0.3, -0.25) is 0 Å². The van der Waals surface area contributed by atoms with E-state index in [0.29, 0.717) is 11.9 Å². The van der Waals surface area contributed by atoms with Crippen molar-refractivity contribution in [2.24, 2.45) is 0 Å². The predicted molar refractivity (Wildman–Crippen MR) is 85.3 cm³/mol. The number of rotatable bonds is 7. The lowest BCUT2D eigenvalue weighted by molar-refractivity contribution is 0.398. The summed E-state index contributed by atoms with van der Waals surface area (Å²) in [5.41, 5.74) is 3.10. The lowest BCUT2D eigenvalue weighted by Crippen LogP contribution is -2.21. The molecule has 1 N–H and O–H groups in total. The third kappa shape index (κ3) is 3.79. The first-order valence-corrected chi connectivity index (χ1v) is 7.48. The van der Waals surface area contributed by atoms with Gasteiger partial charge in [0.1, 0.15) is 5.69 Å². The molecule has 1 aromatic carbocycles. The maximum absolute atomic E-state index is 5.27. The number of hydrogen-bond acceptors (Lipinski definition) is 4. The Hall–Kier alpha value is -1.94. The van der Waals surface area contributed by atoms with Gasteiger partial charge in [0.2, 0.25) is 5.88 Å². The standard InChI is InChI=1S/C17H23N3O/c1-4-10-18-15(5-2)13-6-8-14(9-7-13)16-17(21-3)20-12-11-19-16/h6-9,11-12,15,18H,4-5,10H2,1-3H3. The third-order valence-electron chi connectivity index (χ3n) is 3.49. The number of nitrogens with zero attached hydrogens (tertiary/aromatic N) is 2. The summed E-state index contributed by atoms with van der Waals surface area (Å²) < 4.78 is 5.27. The first kappa shape index (κ1) is 15.4. The summed E-state index contributed by atoms with van der Waals surface area (Å²) in [5.74, 6) is 0.557. The van der Waals surface area contributed by atoms with Gasteiger partial charge in [0.05, 0.1) is 7.11 Å². The first-order chi connectivity index (χ1) is 10.3. The monoisotopic (exact) mass is 285 g/mol. The average molecular weight is 285 g/mol. The molecule has 0 aliphatic carbocycles. The number of methoxy groups -OCH3 is 1. The maximum Gasteiger partial charge on any atom is 0.240 e. The molecule has 0 aliphatic heterocycles. The van der Waals surface area contributed by atoms with Gasteiger partial charge in [-0.1, -0.05) is 38.1 Å². The van der Waals surface area contributed by atoms with E-state index in [-0.39, 0.29) is 0 Å². The minimum absolute atomic E-state index is 0.405. The summed E-state index contributed by atoms with van der Waals surface area (Å²) in [6, 6.07) is 8.87. The van der Waals surface area contributed by atoms with Crippen LogP contribution in [0.3, 0.4) is 0 Å². The molecule has 1 unspecified atom stereocenters. The molecule has 4 nitrogen and oxygen atoms in total. The van der Waals surface area contributed by atoms with Gasteiger partial charge in [0, 0.05) is 24.0 Å². The van der Waals surface area contributed by atoms with E-state index in [1.165, 1.54) is 5.56 Å². The third-order valence-corrected chi connectivity index (χ3v) is 3.49. The molecule has 0 spiro atoms. The minimum Gasteiger partial charge on any atom is -0.479 e. The largest absolute Gasteiger partial charge is 0.479 e. The molecule has 0 aliphatic rings. The Morgan fingerprint density at radius 1 is 1.10 bits per heavy atom. The maximum atomic E-state index is 5.27. The van der Waals surface area contributed by atoms with Crippen LogP contribution in [-0.4, -0.2) is 23.6 Å². The second-order valence-electron chi connectivity index (χ2n) is 4.95. The highest BCUT2D eigenvalue weighted by Gasteiger charge is 2.11. The van der Waals surface area contributed by atoms with E-state index in [4.69, 9.17) is 4.74 Å². The molecule has 0 saturated carbocycles. The molecule has 1 atom stereocenters. The Bertz CT molecular complexity index is 554. The summed E-state index contributed by atoms with van der Waals surface area (Å²) in [5, 5.41) is 3.56. The van der Waals surface area contributed by atoms with Gasteiger partial charge in [-0.2, -0.15) is 0 Å². The number of nitrogens with one attached hydrogen (secondary N) is 1. The van der Waals surface area contributed by atoms with E-state index in [0.717, 1.165) is 30.6 Å². The Kier molecular flexibility index (Phi) is 5.69. The van der Waals surface area contributed by atoms with Crippen molar-refractivity contribution < 1.29 is 4.74 Å². The van der Waals surface area contributed by atoms with E-state index in [1.807, 2.05) is 0 Å². The fourth-order valence-corrected chi connectivity index (χ4v) is 2.36. The van der Waals surface area contributed by atoms with Gasteiger partial charge < -0.3 is 10.1 Å². The fourth-order valence-electron chi connectivity index (χ4n) is 2.36. The molecule has 0 saturated heterocycles. The lowest BCUT2D eigenvalue weighted by atomic mass is 10.0. The molecule has 1 aromatic heterocycles. The molecular weight excluding hydrogens is 262 g/mol. The SMILES string of the molecule is CCCNC(CC)c1ccc(-c2nccnc2OC)cc1. The van der Waals surface area contributed by atoms with Crippen molar-refractivity contribution in [3.63, 3.8) is 0 Å². The highest BCUT2D eigenvalue weighted by molar-refractivity contribution is 5.64. The Balaban J connectivity index is 2.22. The molecule has 1 heterocycles. The van der Waals surface area contributed by atoms with Crippen LogP contribution in [0.5, 0.6) is 5.88 Å². The second-order valence-corrected chi connectivity index (χ2v) is 4.95. The molecule has 112 valence electrons. The van der Waals surface area contributed by atoms with Gasteiger partial charge in [-0.05, 0) is 24.9 Å². The van der Waals surface area contributed by atoms with Gasteiger partial charge in [-0.15, -0.1) is 0 Å². The van der Waals surface area contributed by atoms with Crippen LogP contribution in [0.4, 0.5) is 0 Å². The molecule has 2 aromatic rings. The summed E-state index contributed by atoms with van der Waals surface area (Å²) in [7, 11) is 1.61. The number of hydrogen-bond donors (Lipinski definition) is 1. The van der Waals surface area contributed by atoms with Gasteiger partial charge in [-0.25, -0.2) is 9.97 Å². The molecule has 4 heteroatoms. The highest BCUT2D eigenvalue weighted by Crippen LogP contribution is 2.27. The van der Waals surface area contributed by atoms with Crippen LogP contribution in [0.25, 0.3) is 11.3 Å². The molecular formula is C17H23N3O. The second kappa shape index (κ2) is 7.74. The zero-order valence-corrected chi connectivity index (χ0v) is 13.0. The molecule has 0 radical (unpaired) electrons. The van der Waals surface area contributed by atoms with Crippen LogP contribution >= 0.6 is 0 Å². The number of benzene rings is 1. The zero-order valence-electron chi connectivity index (χ0n) is 13.0. The van der Waals surface area contributed by atoms with Crippen LogP contribution in [0, 0.1) is 0 Å². The van der Waals surface area contributed by atoms with Crippen molar-refractivity contribution in [3.05, 3.63) is 42.2 Å². The smallest absolute Gasteiger partial charge is 0.240 e. The Labute approximate surface area is 126 Å². The van der Waals surface area contributed by atoms with Crippen molar-refractivity contribution >= 4 is 0 Å². The molecule has 21 heavy (non-hydrogen) atoms. The van der Waals surface area contributed by atoms with Crippen LogP contribution in [0.2, 0.25) is 0 Å². The van der Waals surface area contributed by atoms with Crippen LogP contribution in [-0.2, 0) is 0 Å². The Morgan fingerprint density at radius 3 is 2.43 bits per heavy atom. The summed E-state index contributed by atoms with van der Waals surface area (Å²) in [6.45, 7) is 5.42. The summed E-state index contributed by atoms with van der Waals surface area (Å²) >= 11 is 0. The highest BCUT2D eigenvalue weighted by atomic mass is 16.5. The first-order valence-electron chi connectivity index (χ1n) is 7.48.